The van der Waals surface area contributed by atoms with Gasteiger partial charge in [0.2, 0.25) is 0 Å². The van der Waals surface area contributed by atoms with Crippen molar-refractivity contribution in [3.05, 3.63) is 35.4 Å². The number of fused-ring (bicyclic) bond motifs is 1. The lowest BCUT2D eigenvalue weighted by molar-refractivity contribution is -0.908. The molecule has 5 nitrogen and oxygen atoms in total. The molecule has 0 saturated carbocycles. The summed E-state index contributed by atoms with van der Waals surface area (Å²) in [6, 6.07) is 7.93. The summed E-state index contributed by atoms with van der Waals surface area (Å²) in [5.41, 5.74) is 2.67. The van der Waals surface area contributed by atoms with E-state index in [-0.39, 0.29) is 11.9 Å². The molecule has 108 valence electrons. The van der Waals surface area contributed by atoms with Crippen LogP contribution in [0.4, 0.5) is 4.79 Å². The Morgan fingerprint density at radius 2 is 1.95 bits per heavy atom. The van der Waals surface area contributed by atoms with E-state index in [0.29, 0.717) is 6.54 Å². The minimum atomic E-state index is -0.415. The summed E-state index contributed by atoms with van der Waals surface area (Å²) < 4.78 is 0. The molecular formula is C15H22N3O2+. The molecule has 1 aromatic carbocycles. The maximum atomic E-state index is 11.8. The Labute approximate surface area is 119 Å². The van der Waals surface area contributed by atoms with Gasteiger partial charge < -0.3 is 10.2 Å². The van der Waals surface area contributed by atoms with Crippen molar-refractivity contribution in [2.24, 2.45) is 0 Å². The molecule has 1 unspecified atom stereocenters. The molecule has 3 N–H and O–H groups in total. The number of benzene rings is 1. The number of quaternary nitrogens is 1. The van der Waals surface area contributed by atoms with Gasteiger partial charge in [0.1, 0.15) is 6.54 Å². The maximum Gasteiger partial charge on any atom is 0.321 e. The van der Waals surface area contributed by atoms with Crippen LogP contribution in [0.2, 0.25) is 0 Å². The van der Waals surface area contributed by atoms with Gasteiger partial charge in [-0.25, -0.2) is 4.79 Å². The molecule has 0 aliphatic carbocycles. The van der Waals surface area contributed by atoms with E-state index in [2.05, 4.69) is 22.8 Å². The third kappa shape index (κ3) is 4.06. The van der Waals surface area contributed by atoms with Crippen molar-refractivity contribution < 1.29 is 14.5 Å². The van der Waals surface area contributed by atoms with E-state index < -0.39 is 6.03 Å². The quantitative estimate of drug-likeness (QED) is 0.720. The van der Waals surface area contributed by atoms with Crippen LogP contribution in [0.25, 0.3) is 0 Å². The van der Waals surface area contributed by atoms with Gasteiger partial charge >= 0.3 is 6.03 Å². The molecule has 1 aromatic rings. The van der Waals surface area contributed by atoms with Gasteiger partial charge in [0.15, 0.2) is 6.54 Å². The molecule has 20 heavy (non-hydrogen) atoms. The van der Waals surface area contributed by atoms with E-state index in [1.54, 1.807) is 0 Å². The Balaban J connectivity index is 1.83. The Hall–Kier alpha value is -1.88. The Morgan fingerprint density at radius 1 is 1.25 bits per heavy atom. The summed E-state index contributed by atoms with van der Waals surface area (Å²) in [5, 5.41) is 5.02. The Kier molecular flexibility index (Phi) is 4.74. The third-order valence-electron chi connectivity index (χ3n) is 3.39. The zero-order chi connectivity index (χ0) is 14.5. The van der Waals surface area contributed by atoms with Crippen molar-refractivity contribution in [3.63, 3.8) is 0 Å². The van der Waals surface area contributed by atoms with Crippen LogP contribution in [-0.4, -0.2) is 31.1 Å². The van der Waals surface area contributed by atoms with Crippen LogP contribution >= 0.6 is 0 Å². The highest BCUT2D eigenvalue weighted by molar-refractivity contribution is 5.94. The molecule has 0 radical (unpaired) electrons. The molecule has 0 saturated heterocycles. The molecule has 0 fully saturated rings. The fraction of sp³-hybridized carbons (Fsp3) is 0.467. The van der Waals surface area contributed by atoms with E-state index in [1.165, 1.54) is 16.0 Å². The predicted molar refractivity (Wildman–Crippen MR) is 76.4 cm³/mol. The van der Waals surface area contributed by atoms with Crippen LogP contribution in [0.5, 0.6) is 0 Å². The second kappa shape index (κ2) is 6.52. The minimum absolute atomic E-state index is 0.0250. The summed E-state index contributed by atoms with van der Waals surface area (Å²) in [5.74, 6) is -0.225. The smallest absolute Gasteiger partial charge is 0.321 e. The largest absolute Gasteiger partial charge is 0.336 e. The average Bonchev–Trinajstić information content (AvgIpc) is 2.37. The molecule has 5 heteroatoms. The fourth-order valence-electron chi connectivity index (χ4n) is 2.49. The highest BCUT2D eigenvalue weighted by Crippen LogP contribution is 2.10. The van der Waals surface area contributed by atoms with Crippen molar-refractivity contribution in [2.75, 3.05) is 13.1 Å². The first-order valence-electron chi connectivity index (χ1n) is 7.05. The van der Waals surface area contributed by atoms with Crippen LogP contribution in [0.1, 0.15) is 25.0 Å². The lowest BCUT2D eigenvalue weighted by atomic mass is 10.00. The molecule has 0 spiro atoms. The topological polar surface area (TPSA) is 62.6 Å². The van der Waals surface area contributed by atoms with E-state index in [0.717, 1.165) is 19.5 Å². The summed E-state index contributed by atoms with van der Waals surface area (Å²) in [6.07, 6.45) is 0.983. The summed E-state index contributed by atoms with van der Waals surface area (Å²) >= 11 is 0. The highest BCUT2D eigenvalue weighted by Gasteiger charge is 2.22. The zero-order valence-electron chi connectivity index (χ0n) is 12.0. The number of hydrogen-bond acceptors (Lipinski definition) is 2. The first-order valence-corrected chi connectivity index (χ1v) is 7.05. The molecule has 1 atom stereocenters. The second-order valence-corrected chi connectivity index (χ2v) is 5.55. The lowest BCUT2D eigenvalue weighted by Crippen LogP contribution is -3.13. The molecular weight excluding hydrogens is 254 g/mol. The monoisotopic (exact) mass is 276 g/mol. The highest BCUT2D eigenvalue weighted by atomic mass is 16.2. The number of imide groups is 1. The van der Waals surface area contributed by atoms with Crippen LogP contribution in [0.15, 0.2) is 24.3 Å². The fourth-order valence-corrected chi connectivity index (χ4v) is 2.49. The SMILES string of the molecule is CC(C)NC(=O)NC(=O)C[NH+]1CCc2ccccc2C1. The van der Waals surface area contributed by atoms with Crippen molar-refractivity contribution in [1.29, 1.82) is 0 Å². The first-order chi connectivity index (χ1) is 9.54. The molecule has 0 bridgehead atoms. The normalized spacial score (nSPS) is 17.4. The van der Waals surface area contributed by atoms with Gasteiger partial charge in [0, 0.05) is 18.0 Å². The van der Waals surface area contributed by atoms with Crippen LogP contribution in [-0.2, 0) is 17.8 Å². The molecule has 1 aliphatic heterocycles. The van der Waals surface area contributed by atoms with Gasteiger partial charge in [0.25, 0.3) is 5.91 Å². The van der Waals surface area contributed by atoms with Gasteiger partial charge in [-0.1, -0.05) is 24.3 Å². The number of nitrogens with one attached hydrogen (secondary N) is 3. The molecule has 0 aromatic heterocycles. The first kappa shape index (κ1) is 14.5. The van der Waals surface area contributed by atoms with E-state index in [1.807, 2.05) is 26.0 Å². The second-order valence-electron chi connectivity index (χ2n) is 5.55. The molecule has 1 heterocycles. The van der Waals surface area contributed by atoms with Crippen molar-refractivity contribution in [2.45, 2.75) is 32.9 Å². The Bertz CT molecular complexity index is 500. The van der Waals surface area contributed by atoms with Crippen molar-refractivity contribution in [1.82, 2.24) is 10.6 Å². The van der Waals surface area contributed by atoms with Crippen molar-refractivity contribution >= 4 is 11.9 Å². The van der Waals surface area contributed by atoms with Gasteiger partial charge in [-0.2, -0.15) is 0 Å². The number of carbonyl (C=O) groups is 2. The van der Waals surface area contributed by atoms with E-state index in [9.17, 15) is 9.59 Å². The number of rotatable bonds is 3. The number of amides is 3. The Morgan fingerprint density at radius 3 is 2.65 bits per heavy atom. The van der Waals surface area contributed by atoms with Gasteiger partial charge in [-0.05, 0) is 19.4 Å². The number of carbonyl (C=O) groups excluding carboxylic acids is 2. The molecule has 1 aliphatic rings. The predicted octanol–water partition coefficient (Wildman–Crippen LogP) is -0.138. The summed E-state index contributed by atoms with van der Waals surface area (Å²) in [4.78, 5) is 24.5. The average molecular weight is 276 g/mol. The van der Waals surface area contributed by atoms with Crippen molar-refractivity contribution in [3.8, 4) is 0 Å². The molecule has 3 amide bonds. The maximum absolute atomic E-state index is 11.8. The number of urea groups is 1. The summed E-state index contributed by atoms with van der Waals surface area (Å²) in [6.45, 7) is 5.82. The van der Waals surface area contributed by atoms with E-state index >= 15 is 0 Å². The van der Waals surface area contributed by atoms with Gasteiger partial charge in [0.05, 0.1) is 6.54 Å². The molecule has 2 rings (SSSR count). The van der Waals surface area contributed by atoms with Crippen LogP contribution in [0.3, 0.4) is 0 Å². The van der Waals surface area contributed by atoms with Gasteiger partial charge in [-0.15, -0.1) is 0 Å². The van der Waals surface area contributed by atoms with E-state index in [4.69, 9.17) is 0 Å². The lowest BCUT2D eigenvalue weighted by Gasteiger charge is -2.25. The van der Waals surface area contributed by atoms with Gasteiger partial charge in [-0.3, -0.25) is 10.1 Å². The third-order valence-corrected chi connectivity index (χ3v) is 3.39. The summed E-state index contributed by atoms with van der Waals surface area (Å²) in [7, 11) is 0. The van der Waals surface area contributed by atoms with Crippen LogP contribution < -0.4 is 15.5 Å². The minimum Gasteiger partial charge on any atom is -0.336 e. The van der Waals surface area contributed by atoms with Crippen LogP contribution in [0, 0.1) is 0 Å². The zero-order valence-corrected chi connectivity index (χ0v) is 12.0. The standard InChI is InChI=1S/C15H21N3O2/c1-11(2)16-15(20)17-14(19)10-18-8-7-12-5-3-4-6-13(12)9-18/h3-6,11H,7-10H2,1-2H3,(H2,16,17,19,20)/p+1. The number of hydrogen-bond donors (Lipinski definition) is 3.